The second-order valence-electron chi connectivity index (χ2n) is 3.99. The van der Waals surface area contributed by atoms with Crippen molar-refractivity contribution in [2.75, 3.05) is 7.11 Å². The molecule has 0 aliphatic rings. The molecule has 0 fully saturated rings. The van der Waals surface area contributed by atoms with Gasteiger partial charge in [0.15, 0.2) is 0 Å². The summed E-state index contributed by atoms with van der Waals surface area (Å²) in [5.41, 5.74) is -4.37. The van der Waals surface area contributed by atoms with E-state index in [2.05, 4.69) is 14.7 Å². The molecule has 4 nitrogen and oxygen atoms in total. The van der Waals surface area contributed by atoms with Gasteiger partial charge >= 0.3 is 18.3 Å². The lowest BCUT2D eigenvalue weighted by atomic mass is 10.1. The van der Waals surface area contributed by atoms with E-state index in [1.54, 1.807) is 0 Å². The average molecular weight is 312 g/mol. The second-order valence-corrected chi connectivity index (χ2v) is 3.99. The van der Waals surface area contributed by atoms with E-state index in [-0.39, 0.29) is 6.07 Å². The van der Waals surface area contributed by atoms with Crippen LogP contribution < -0.4 is 0 Å². The van der Waals surface area contributed by atoms with Crippen molar-refractivity contribution in [2.24, 2.45) is 0 Å². The fraction of sp³-hybridized carbons (Fsp3) is 0.273. The predicted octanol–water partition coefficient (Wildman–Crippen LogP) is 3.39. The molecule has 10 heteroatoms. The molecule has 0 bridgehead atoms. The van der Waals surface area contributed by atoms with Gasteiger partial charge in [-0.1, -0.05) is 0 Å². The highest BCUT2D eigenvalue weighted by molar-refractivity contribution is 5.95. The molecule has 0 saturated heterocycles. The van der Waals surface area contributed by atoms with Crippen LogP contribution in [0, 0.1) is 0 Å². The molecule has 0 unspecified atom stereocenters. The van der Waals surface area contributed by atoms with Crippen LogP contribution in [-0.2, 0) is 17.1 Å². The van der Waals surface area contributed by atoms with Crippen LogP contribution in [0.15, 0.2) is 12.1 Å². The number of alkyl halides is 6. The number of halogens is 6. The molecule has 0 aromatic carbocycles. The van der Waals surface area contributed by atoms with E-state index >= 15 is 0 Å². The van der Waals surface area contributed by atoms with E-state index in [0.29, 0.717) is 0 Å². The lowest BCUT2D eigenvalue weighted by molar-refractivity contribution is -0.144. The third kappa shape index (κ3) is 2.78. The number of nitrogens with zero attached hydrogens (tertiary/aromatic N) is 1. The zero-order valence-corrected chi connectivity index (χ0v) is 10.2. The molecular weight excluding hydrogens is 306 g/mol. The van der Waals surface area contributed by atoms with Gasteiger partial charge in [0.1, 0.15) is 17.0 Å². The van der Waals surface area contributed by atoms with Crippen molar-refractivity contribution >= 4 is 17.0 Å². The zero-order valence-electron chi connectivity index (χ0n) is 10.2. The highest BCUT2D eigenvalue weighted by atomic mass is 19.4. The van der Waals surface area contributed by atoms with Crippen molar-refractivity contribution in [1.82, 2.24) is 9.97 Å². The summed E-state index contributed by atoms with van der Waals surface area (Å²) in [6.45, 7) is 0. The third-order valence-electron chi connectivity index (χ3n) is 2.60. The number of hydrogen-bond acceptors (Lipinski definition) is 3. The van der Waals surface area contributed by atoms with Gasteiger partial charge in [0, 0.05) is 5.39 Å². The Morgan fingerprint density at radius 3 is 2.24 bits per heavy atom. The number of pyridine rings is 1. The number of hydrogen-bond donors (Lipinski definition) is 1. The Hall–Kier alpha value is -2.26. The number of aromatic amines is 1. The largest absolute Gasteiger partial charge is 0.464 e. The lowest BCUT2D eigenvalue weighted by Crippen LogP contribution is -2.13. The molecule has 2 aromatic rings. The molecule has 0 atom stereocenters. The van der Waals surface area contributed by atoms with Crippen LogP contribution in [0.1, 0.15) is 21.7 Å². The van der Waals surface area contributed by atoms with E-state index in [4.69, 9.17) is 0 Å². The molecule has 21 heavy (non-hydrogen) atoms. The van der Waals surface area contributed by atoms with Crippen molar-refractivity contribution in [2.45, 2.75) is 12.4 Å². The number of esters is 1. The smallest absolute Gasteiger partial charge is 0.433 e. The van der Waals surface area contributed by atoms with Crippen molar-refractivity contribution in [1.29, 1.82) is 0 Å². The second kappa shape index (κ2) is 4.64. The van der Waals surface area contributed by atoms with Crippen LogP contribution in [0.2, 0.25) is 0 Å². The Morgan fingerprint density at radius 2 is 1.76 bits per heavy atom. The summed E-state index contributed by atoms with van der Waals surface area (Å²) in [6, 6.07) is 0.647. The maximum Gasteiger partial charge on any atom is 0.433 e. The minimum atomic E-state index is -5.05. The molecule has 0 aliphatic carbocycles. The van der Waals surface area contributed by atoms with Crippen LogP contribution in [0.25, 0.3) is 11.0 Å². The van der Waals surface area contributed by atoms with Gasteiger partial charge in [0.25, 0.3) is 0 Å². The van der Waals surface area contributed by atoms with Gasteiger partial charge in [-0.05, 0) is 12.1 Å². The molecule has 2 rings (SSSR count). The summed E-state index contributed by atoms with van der Waals surface area (Å²) >= 11 is 0. The Morgan fingerprint density at radius 1 is 1.14 bits per heavy atom. The monoisotopic (exact) mass is 312 g/mol. The normalized spacial score (nSPS) is 12.7. The van der Waals surface area contributed by atoms with Gasteiger partial charge in [-0.2, -0.15) is 26.3 Å². The Kier molecular flexibility index (Phi) is 3.34. The number of carbonyl (C=O) groups is 1. The molecule has 2 heterocycles. The summed E-state index contributed by atoms with van der Waals surface area (Å²) in [4.78, 5) is 16.4. The SMILES string of the molecule is COC(=O)c1cc2c(C(F)(F)F)cc(C(F)(F)F)nc2[nH]1. The molecule has 114 valence electrons. The van der Waals surface area contributed by atoms with Gasteiger partial charge in [-0.3, -0.25) is 0 Å². The van der Waals surface area contributed by atoms with Crippen LogP contribution in [0.5, 0.6) is 0 Å². The summed E-state index contributed by atoms with van der Waals surface area (Å²) in [5.74, 6) is -1.02. The lowest BCUT2D eigenvalue weighted by Gasteiger charge is -2.11. The first-order chi connectivity index (χ1) is 9.54. The van der Waals surface area contributed by atoms with E-state index in [1.807, 2.05) is 0 Å². The highest BCUT2D eigenvalue weighted by Gasteiger charge is 2.39. The standard InChI is InChI=1S/C11H6F6N2O2/c1-21-9(20)6-2-4-5(10(12,13)14)3-7(11(15,16)17)19-8(4)18-6/h2-3H,1H3,(H,18,19). The minimum absolute atomic E-state index is 0.1000. The van der Waals surface area contributed by atoms with E-state index in [9.17, 15) is 31.1 Å². The number of methoxy groups -OCH3 is 1. The number of aromatic nitrogens is 2. The van der Waals surface area contributed by atoms with Crippen LogP contribution in [0.4, 0.5) is 26.3 Å². The maximum absolute atomic E-state index is 12.9. The Bertz CT molecular complexity index is 701. The maximum atomic E-state index is 12.9. The van der Waals surface area contributed by atoms with Gasteiger partial charge in [-0.25, -0.2) is 9.78 Å². The number of rotatable bonds is 1. The summed E-state index contributed by atoms with van der Waals surface area (Å²) in [7, 11) is 0.979. The van der Waals surface area contributed by atoms with Gasteiger partial charge in [-0.15, -0.1) is 0 Å². The first-order valence-electron chi connectivity index (χ1n) is 5.30. The van der Waals surface area contributed by atoms with Crippen LogP contribution in [-0.4, -0.2) is 23.0 Å². The first-order valence-corrected chi connectivity index (χ1v) is 5.30. The quantitative estimate of drug-likeness (QED) is 0.649. The summed E-state index contributed by atoms with van der Waals surface area (Å²) < 4.78 is 80.6. The highest BCUT2D eigenvalue weighted by Crippen LogP contribution is 2.38. The number of H-pyrrole nitrogens is 1. The molecule has 0 amide bonds. The molecule has 0 aliphatic heterocycles. The van der Waals surface area contributed by atoms with Crippen LogP contribution >= 0.6 is 0 Å². The first kappa shape index (κ1) is 15.1. The Labute approximate surface area is 112 Å². The topological polar surface area (TPSA) is 55.0 Å². The molecule has 2 aromatic heterocycles. The molecular formula is C11H6F6N2O2. The number of nitrogens with one attached hydrogen (secondary N) is 1. The molecule has 0 saturated carbocycles. The van der Waals surface area contributed by atoms with E-state index < -0.39 is 46.3 Å². The minimum Gasteiger partial charge on any atom is -0.464 e. The number of carbonyl (C=O) groups excluding carboxylic acids is 1. The fourth-order valence-corrected chi connectivity index (χ4v) is 1.70. The molecule has 1 N–H and O–H groups in total. The zero-order chi connectivity index (χ0) is 16.0. The van der Waals surface area contributed by atoms with Crippen molar-refractivity contribution < 1.29 is 35.9 Å². The molecule has 0 spiro atoms. The van der Waals surface area contributed by atoms with Crippen molar-refractivity contribution in [3.8, 4) is 0 Å². The Balaban J connectivity index is 2.78. The third-order valence-corrected chi connectivity index (χ3v) is 2.60. The number of fused-ring (bicyclic) bond motifs is 1. The predicted molar refractivity (Wildman–Crippen MR) is 57.4 cm³/mol. The van der Waals surface area contributed by atoms with E-state index in [1.165, 1.54) is 0 Å². The number of ether oxygens (including phenoxy) is 1. The van der Waals surface area contributed by atoms with Gasteiger partial charge in [0.05, 0.1) is 12.7 Å². The van der Waals surface area contributed by atoms with Crippen molar-refractivity contribution in [3.63, 3.8) is 0 Å². The molecule has 0 radical (unpaired) electrons. The van der Waals surface area contributed by atoms with Gasteiger partial charge in [0.2, 0.25) is 0 Å². The van der Waals surface area contributed by atoms with Crippen molar-refractivity contribution in [3.05, 3.63) is 29.1 Å². The summed E-state index contributed by atoms with van der Waals surface area (Å²) in [5, 5.41) is -0.643. The summed E-state index contributed by atoms with van der Waals surface area (Å²) in [6.07, 6.45) is -10.1. The van der Waals surface area contributed by atoms with E-state index in [0.717, 1.165) is 13.2 Å². The van der Waals surface area contributed by atoms with Crippen LogP contribution in [0.3, 0.4) is 0 Å². The van der Waals surface area contributed by atoms with Gasteiger partial charge < -0.3 is 9.72 Å². The average Bonchev–Trinajstić information content (AvgIpc) is 2.77. The fourth-order valence-electron chi connectivity index (χ4n) is 1.70.